The quantitative estimate of drug-likeness (QED) is 0.725. The van der Waals surface area contributed by atoms with Gasteiger partial charge in [-0.25, -0.2) is 4.98 Å². The highest BCUT2D eigenvalue weighted by molar-refractivity contribution is 5.84. The fourth-order valence-electron chi connectivity index (χ4n) is 2.30. The minimum atomic E-state index is 0.907. The van der Waals surface area contributed by atoms with Crippen LogP contribution in [0, 0.1) is 13.8 Å². The lowest BCUT2D eigenvalue weighted by Gasteiger charge is -2.05. The van der Waals surface area contributed by atoms with Crippen molar-refractivity contribution in [1.82, 2.24) is 9.97 Å². The van der Waals surface area contributed by atoms with Crippen LogP contribution < -0.4 is 5.32 Å². The van der Waals surface area contributed by atoms with Crippen molar-refractivity contribution in [3.05, 3.63) is 47.5 Å². The average Bonchev–Trinajstić information content (AvgIpc) is 2.82. The maximum atomic E-state index is 4.70. The van der Waals surface area contributed by atoms with Gasteiger partial charge in [-0.3, -0.25) is 0 Å². The van der Waals surface area contributed by atoms with Crippen molar-refractivity contribution in [3.8, 4) is 11.4 Å². The molecule has 0 fully saturated rings. The van der Waals surface area contributed by atoms with Crippen molar-refractivity contribution >= 4 is 16.7 Å². The van der Waals surface area contributed by atoms with E-state index >= 15 is 0 Å². The number of anilines is 1. The third kappa shape index (κ3) is 1.97. The Balaban J connectivity index is 2.20. The SMILES string of the molecule is CNc1ccccc1-c1nc2cc(C)c(C)cc2[nH]1. The van der Waals surface area contributed by atoms with Gasteiger partial charge < -0.3 is 10.3 Å². The largest absolute Gasteiger partial charge is 0.388 e. The number of para-hydroxylation sites is 1. The zero-order valence-electron chi connectivity index (χ0n) is 11.4. The summed E-state index contributed by atoms with van der Waals surface area (Å²) in [6, 6.07) is 12.5. The maximum Gasteiger partial charge on any atom is 0.140 e. The Morgan fingerprint density at radius 3 is 2.58 bits per heavy atom. The molecular weight excluding hydrogens is 234 g/mol. The van der Waals surface area contributed by atoms with Crippen molar-refractivity contribution in [2.45, 2.75) is 13.8 Å². The predicted octanol–water partition coefficient (Wildman–Crippen LogP) is 3.89. The van der Waals surface area contributed by atoms with E-state index in [0.29, 0.717) is 0 Å². The highest BCUT2D eigenvalue weighted by Crippen LogP contribution is 2.28. The fraction of sp³-hybridized carbons (Fsp3) is 0.188. The Bertz CT molecular complexity index is 702. The van der Waals surface area contributed by atoms with Crippen LogP contribution in [0.5, 0.6) is 0 Å². The Labute approximate surface area is 112 Å². The molecule has 0 bridgehead atoms. The summed E-state index contributed by atoms with van der Waals surface area (Å²) in [4.78, 5) is 8.10. The van der Waals surface area contributed by atoms with Crippen LogP contribution in [0.1, 0.15) is 11.1 Å². The van der Waals surface area contributed by atoms with Crippen LogP contribution in [0.25, 0.3) is 22.4 Å². The zero-order valence-corrected chi connectivity index (χ0v) is 11.4. The number of imidazole rings is 1. The second kappa shape index (κ2) is 4.43. The molecule has 2 N–H and O–H groups in total. The summed E-state index contributed by atoms with van der Waals surface area (Å²) in [5, 5.41) is 3.20. The standard InChI is InChI=1S/C16H17N3/c1-10-8-14-15(9-11(10)2)19-16(18-14)12-6-4-5-7-13(12)17-3/h4-9,17H,1-3H3,(H,18,19). The molecule has 0 aliphatic carbocycles. The van der Waals surface area contributed by atoms with E-state index in [4.69, 9.17) is 4.98 Å². The molecule has 96 valence electrons. The third-order valence-corrected chi connectivity index (χ3v) is 3.55. The molecule has 0 spiro atoms. The molecule has 0 saturated carbocycles. The van der Waals surface area contributed by atoms with Gasteiger partial charge in [-0.05, 0) is 49.2 Å². The van der Waals surface area contributed by atoms with Crippen LogP contribution in [0.3, 0.4) is 0 Å². The summed E-state index contributed by atoms with van der Waals surface area (Å²) < 4.78 is 0. The van der Waals surface area contributed by atoms with Gasteiger partial charge in [0.2, 0.25) is 0 Å². The normalized spacial score (nSPS) is 10.9. The molecule has 3 rings (SSSR count). The van der Waals surface area contributed by atoms with Gasteiger partial charge in [0, 0.05) is 18.3 Å². The van der Waals surface area contributed by atoms with E-state index in [9.17, 15) is 0 Å². The number of hydrogen-bond acceptors (Lipinski definition) is 2. The molecule has 3 nitrogen and oxygen atoms in total. The first-order chi connectivity index (χ1) is 9.19. The fourth-order valence-corrected chi connectivity index (χ4v) is 2.30. The summed E-state index contributed by atoms with van der Waals surface area (Å²) in [6.45, 7) is 4.24. The van der Waals surface area contributed by atoms with Gasteiger partial charge in [0.25, 0.3) is 0 Å². The molecule has 0 amide bonds. The van der Waals surface area contributed by atoms with Crippen LogP contribution >= 0.6 is 0 Å². The van der Waals surface area contributed by atoms with Crippen LogP contribution in [0.4, 0.5) is 5.69 Å². The molecule has 2 aromatic carbocycles. The summed E-state index contributed by atoms with van der Waals surface area (Å²) in [5.74, 6) is 0.907. The van der Waals surface area contributed by atoms with E-state index in [0.717, 1.165) is 28.1 Å². The number of aromatic amines is 1. The molecule has 0 radical (unpaired) electrons. The van der Waals surface area contributed by atoms with Crippen LogP contribution in [-0.4, -0.2) is 17.0 Å². The molecule has 0 unspecified atom stereocenters. The van der Waals surface area contributed by atoms with Crippen molar-refractivity contribution in [2.75, 3.05) is 12.4 Å². The average molecular weight is 251 g/mol. The van der Waals surface area contributed by atoms with Crippen LogP contribution in [0.15, 0.2) is 36.4 Å². The van der Waals surface area contributed by atoms with E-state index in [1.165, 1.54) is 11.1 Å². The number of H-pyrrole nitrogens is 1. The van der Waals surface area contributed by atoms with Gasteiger partial charge >= 0.3 is 0 Å². The number of aromatic nitrogens is 2. The van der Waals surface area contributed by atoms with Gasteiger partial charge in [-0.2, -0.15) is 0 Å². The van der Waals surface area contributed by atoms with Gasteiger partial charge in [0.05, 0.1) is 11.0 Å². The van der Waals surface area contributed by atoms with Crippen LogP contribution in [-0.2, 0) is 0 Å². The van der Waals surface area contributed by atoms with Gasteiger partial charge in [0.15, 0.2) is 0 Å². The number of benzene rings is 2. The lowest BCUT2D eigenvalue weighted by Crippen LogP contribution is -1.92. The second-order valence-corrected chi connectivity index (χ2v) is 4.83. The number of nitrogens with one attached hydrogen (secondary N) is 2. The maximum absolute atomic E-state index is 4.70. The van der Waals surface area contributed by atoms with E-state index in [1.54, 1.807) is 0 Å². The lowest BCUT2D eigenvalue weighted by molar-refractivity contribution is 1.33. The molecule has 1 aromatic heterocycles. The summed E-state index contributed by atoms with van der Waals surface area (Å²) >= 11 is 0. The Hall–Kier alpha value is -2.29. The molecule has 0 saturated heterocycles. The highest BCUT2D eigenvalue weighted by Gasteiger charge is 2.09. The zero-order chi connectivity index (χ0) is 13.4. The molecule has 3 aromatic rings. The van der Waals surface area contributed by atoms with Crippen molar-refractivity contribution in [3.63, 3.8) is 0 Å². The molecule has 19 heavy (non-hydrogen) atoms. The number of rotatable bonds is 2. The van der Waals surface area contributed by atoms with Crippen molar-refractivity contribution in [2.24, 2.45) is 0 Å². The number of aryl methyl sites for hydroxylation is 2. The number of nitrogens with zero attached hydrogens (tertiary/aromatic N) is 1. The Morgan fingerprint density at radius 2 is 1.79 bits per heavy atom. The first kappa shape index (κ1) is 11.8. The first-order valence-electron chi connectivity index (χ1n) is 6.43. The van der Waals surface area contributed by atoms with Crippen molar-refractivity contribution < 1.29 is 0 Å². The predicted molar refractivity (Wildman–Crippen MR) is 80.6 cm³/mol. The van der Waals surface area contributed by atoms with Gasteiger partial charge in [-0.1, -0.05) is 12.1 Å². The summed E-state index contributed by atoms with van der Waals surface area (Å²) in [6.07, 6.45) is 0. The van der Waals surface area contributed by atoms with E-state index < -0.39 is 0 Å². The Kier molecular flexibility index (Phi) is 2.75. The number of hydrogen-bond donors (Lipinski definition) is 2. The second-order valence-electron chi connectivity index (χ2n) is 4.83. The summed E-state index contributed by atoms with van der Waals surface area (Å²) in [5.41, 5.74) is 6.83. The highest BCUT2D eigenvalue weighted by atomic mass is 14.9. The molecular formula is C16H17N3. The smallest absolute Gasteiger partial charge is 0.140 e. The first-order valence-corrected chi connectivity index (χ1v) is 6.43. The Morgan fingerprint density at radius 1 is 1.05 bits per heavy atom. The minimum Gasteiger partial charge on any atom is -0.388 e. The van der Waals surface area contributed by atoms with Crippen molar-refractivity contribution in [1.29, 1.82) is 0 Å². The van der Waals surface area contributed by atoms with Gasteiger partial charge in [0.1, 0.15) is 5.82 Å². The van der Waals surface area contributed by atoms with Gasteiger partial charge in [-0.15, -0.1) is 0 Å². The van der Waals surface area contributed by atoms with Crippen LogP contribution in [0.2, 0.25) is 0 Å². The lowest BCUT2D eigenvalue weighted by atomic mass is 10.1. The van der Waals surface area contributed by atoms with E-state index in [2.05, 4.69) is 48.4 Å². The molecule has 1 heterocycles. The molecule has 0 aliphatic rings. The topological polar surface area (TPSA) is 40.7 Å². The summed E-state index contributed by atoms with van der Waals surface area (Å²) in [7, 11) is 1.93. The monoisotopic (exact) mass is 251 g/mol. The van der Waals surface area contributed by atoms with E-state index in [1.807, 2.05) is 19.2 Å². The molecule has 0 aliphatic heterocycles. The minimum absolute atomic E-state index is 0.907. The number of fused-ring (bicyclic) bond motifs is 1. The third-order valence-electron chi connectivity index (χ3n) is 3.55. The van der Waals surface area contributed by atoms with E-state index in [-0.39, 0.29) is 0 Å². The molecule has 0 atom stereocenters. The molecule has 3 heteroatoms.